The van der Waals surface area contributed by atoms with E-state index in [0.29, 0.717) is 23.7 Å². The Kier molecular flexibility index (Phi) is 6.11. The lowest BCUT2D eigenvalue weighted by atomic mass is 10.2. The van der Waals surface area contributed by atoms with Gasteiger partial charge in [0.05, 0.1) is 31.8 Å². The van der Waals surface area contributed by atoms with Gasteiger partial charge in [-0.3, -0.25) is 4.79 Å². The SMILES string of the molecule is CCN(C(=O)c1ccc(Nc2ccc(OC)cc2OC)cn1)c1ccccc1. The summed E-state index contributed by atoms with van der Waals surface area (Å²) in [6, 6.07) is 18.6. The van der Waals surface area contributed by atoms with Gasteiger partial charge in [-0.25, -0.2) is 4.98 Å². The van der Waals surface area contributed by atoms with Crippen molar-refractivity contribution in [2.75, 3.05) is 31.0 Å². The topological polar surface area (TPSA) is 63.7 Å². The number of hydrogen-bond donors (Lipinski definition) is 1. The first-order valence-electron chi connectivity index (χ1n) is 8.98. The van der Waals surface area contributed by atoms with Gasteiger partial charge in [0.15, 0.2) is 0 Å². The van der Waals surface area contributed by atoms with Crippen LogP contribution in [0.25, 0.3) is 0 Å². The van der Waals surface area contributed by atoms with Gasteiger partial charge in [-0.1, -0.05) is 18.2 Å². The number of methoxy groups -OCH3 is 2. The van der Waals surface area contributed by atoms with Gasteiger partial charge >= 0.3 is 0 Å². The number of carbonyl (C=O) groups excluding carboxylic acids is 1. The summed E-state index contributed by atoms with van der Waals surface area (Å²) < 4.78 is 10.6. The third kappa shape index (κ3) is 4.23. The molecular weight excluding hydrogens is 354 g/mol. The predicted molar refractivity (Wildman–Crippen MR) is 111 cm³/mol. The molecule has 0 bridgehead atoms. The van der Waals surface area contributed by atoms with Gasteiger partial charge < -0.3 is 19.7 Å². The number of anilines is 3. The van der Waals surface area contributed by atoms with Crippen molar-refractivity contribution in [2.45, 2.75) is 6.92 Å². The predicted octanol–water partition coefficient (Wildman–Crippen LogP) is 4.51. The van der Waals surface area contributed by atoms with Crippen LogP contribution >= 0.6 is 0 Å². The lowest BCUT2D eigenvalue weighted by Crippen LogP contribution is -2.31. The maximum Gasteiger partial charge on any atom is 0.276 e. The highest BCUT2D eigenvalue weighted by Gasteiger charge is 2.17. The second-order valence-electron chi connectivity index (χ2n) is 6.01. The molecule has 1 N–H and O–H groups in total. The Labute approximate surface area is 164 Å². The zero-order chi connectivity index (χ0) is 19.9. The van der Waals surface area contributed by atoms with E-state index in [1.807, 2.05) is 55.5 Å². The summed E-state index contributed by atoms with van der Waals surface area (Å²) >= 11 is 0. The average molecular weight is 377 g/mol. The second-order valence-corrected chi connectivity index (χ2v) is 6.01. The molecule has 0 spiro atoms. The zero-order valence-corrected chi connectivity index (χ0v) is 16.2. The highest BCUT2D eigenvalue weighted by molar-refractivity contribution is 6.04. The molecule has 0 saturated carbocycles. The lowest BCUT2D eigenvalue weighted by Gasteiger charge is -2.20. The second kappa shape index (κ2) is 8.90. The lowest BCUT2D eigenvalue weighted by molar-refractivity contribution is 0.0983. The van der Waals surface area contributed by atoms with Crippen molar-refractivity contribution >= 4 is 23.0 Å². The maximum absolute atomic E-state index is 12.8. The Balaban J connectivity index is 1.77. The van der Waals surface area contributed by atoms with Crippen molar-refractivity contribution in [3.63, 3.8) is 0 Å². The molecule has 3 aromatic rings. The first kappa shape index (κ1) is 19.2. The molecule has 0 unspecified atom stereocenters. The fraction of sp³-hybridized carbons (Fsp3) is 0.182. The van der Waals surface area contributed by atoms with Gasteiger partial charge in [-0.15, -0.1) is 0 Å². The van der Waals surface area contributed by atoms with Crippen LogP contribution in [0.4, 0.5) is 17.1 Å². The largest absolute Gasteiger partial charge is 0.497 e. The van der Waals surface area contributed by atoms with Crippen LogP contribution in [0.3, 0.4) is 0 Å². The standard InChI is InChI=1S/C22H23N3O3/c1-4-25(17-8-6-5-7-9-17)22(26)20-12-10-16(15-23-20)24-19-13-11-18(27-2)14-21(19)28-3/h5-15,24H,4H2,1-3H3. The monoisotopic (exact) mass is 377 g/mol. The van der Waals surface area contributed by atoms with E-state index in [0.717, 1.165) is 17.1 Å². The minimum Gasteiger partial charge on any atom is -0.497 e. The Bertz CT molecular complexity index is 928. The van der Waals surface area contributed by atoms with Crippen LogP contribution < -0.4 is 19.7 Å². The third-order valence-electron chi connectivity index (χ3n) is 4.30. The maximum atomic E-state index is 12.8. The van der Waals surface area contributed by atoms with Crippen LogP contribution in [0.1, 0.15) is 17.4 Å². The summed E-state index contributed by atoms with van der Waals surface area (Å²) in [5.41, 5.74) is 2.77. The third-order valence-corrected chi connectivity index (χ3v) is 4.30. The van der Waals surface area contributed by atoms with Crippen molar-refractivity contribution in [3.05, 3.63) is 72.6 Å². The molecule has 6 nitrogen and oxygen atoms in total. The fourth-order valence-corrected chi connectivity index (χ4v) is 2.84. The molecule has 1 heterocycles. The molecule has 28 heavy (non-hydrogen) atoms. The molecule has 0 radical (unpaired) electrons. The summed E-state index contributed by atoms with van der Waals surface area (Å²) in [7, 11) is 3.21. The number of aromatic nitrogens is 1. The van der Waals surface area contributed by atoms with E-state index < -0.39 is 0 Å². The van der Waals surface area contributed by atoms with E-state index in [4.69, 9.17) is 9.47 Å². The number of rotatable bonds is 7. The normalized spacial score (nSPS) is 10.2. The number of ether oxygens (including phenoxy) is 2. The summed E-state index contributed by atoms with van der Waals surface area (Å²) in [5, 5.41) is 3.25. The van der Waals surface area contributed by atoms with Gasteiger partial charge in [0.1, 0.15) is 17.2 Å². The van der Waals surface area contributed by atoms with E-state index in [1.54, 1.807) is 37.4 Å². The van der Waals surface area contributed by atoms with E-state index in [1.165, 1.54) is 0 Å². The first-order valence-corrected chi connectivity index (χ1v) is 8.98. The molecule has 6 heteroatoms. The van der Waals surface area contributed by atoms with Crippen molar-refractivity contribution in [2.24, 2.45) is 0 Å². The van der Waals surface area contributed by atoms with Crippen LogP contribution in [-0.2, 0) is 0 Å². The fourth-order valence-electron chi connectivity index (χ4n) is 2.84. The molecule has 1 aromatic heterocycles. The van der Waals surface area contributed by atoms with Crippen molar-refractivity contribution < 1.29 is 14.3 Å². The highest BCUT2D eigenvalue weighted by atomic mass is 16.5. The Morgan fingerprint density at radius 3 is 2.43 bits per heavy atom. The molecule has 0 saturated heterocycles. The number of nitrogens with one attached hydrogen (secondary N) is 1. The van der Waals surface area contributed by atoms with Gasteiger partial charge in [0.25, 0.3) is 5.91 Å². The summed E-state index contributed by atoms with van der Waals surface area (Å²) in [5.74, 6) is 1.23. The van der Waals surface area contributed by atoms with Gasteiger partial charge in [0.2, 0.25) is 0 Å². The summed E-state index contributed by atoms with van der Waals surface area (Å²) in [6.07, 6.45) is 1.63. The first-order chi connectivity index (χ1) is 13.7. The van der Waals surface area contributed by atoms with Gasteiger partial charge in [-0.2, -0.15) is 0 Å². The number of para-hydroxylation sites is 1. The van der Waals surface area contributed by atoms with Crippen LogP contribution in [0.15, 0.2) is 66.9 Å². The van der Waals surface area contributed by atoms with Crippen LogP contribution in [-0.4, -0.2) is 31.7 Å². The molecule has 0 aliphatic carbocycles. The number of pyridine rings is 1. The smallest absolute Gasteiger partial charge is 0.276 e. The number of carbonyl (C=O) groups is 1. The molecule has 3 rings (SSSR count). The minimum atomic E-state index is -0.137. The Morgan fingerprint density at radius 1 is 1.04 bits per heavy atom. The van der Waals surface area contributed by atoms with Crippen LogP contribution in [0, 0.1) is 0 Å². The number of nitrogens with zero attached hydrogens (tertiary/aromatic N) is 2. The molecule has 0 aliphatic rings. The van der Waals surface area contributed by atoms with E-state index >= 15 is 0 Å². The van der Waals surface area contributed by atoms with Crippen molar-refractivity contribution in [1.29, 1.82) is 0 Å². The zero-order valence-electron chi connectivity index (χ0n) is 16.2. The molecular formula is C22H23N3O3. The van der Waals surface area contributed by atoms with Crippen LogP contribution in [0.2, 0.25) is 0 Å². The average Bonchev–Trinajstić information content (AvgIpc) is 2.75. The molecule has 144 valence electrons. The highest BCUT2D eigenvalue weighted by Crippen LogP contribution is 2.31. The molecule has 1 amide bonds. The molecule has 0 fully saturated rings. The molecule has 0 atom stereocenters. The van der Waals surface area contributed by atoms with Crippen molar-refractivity contribution in [1.82, 2.24) is 4.98 Å². The van der Waals surface area contributed by atoms with E-state index in [9.17, 15) is 4.79 Å². The van der Waals surface area contributed by atoms with Gasteiger partial charge in [-0.05, 0) is 43.3 Å². The van der Waals surface area contributed by atoms with Gasteiger partial charge in [0, 0.05) is 18.3 Å². The van der Waals surface area contributed by atoms with E-state index in [2.05, 4.69) is 10.3 Å². The van der Waals surface area contributed by atoms with Crippen LogP contribution in [0.5, 0.6) is 11.5 Å². The molecule has 2 aromatic carbocycles. The van der Waals surface area contributed by atoms with Crippen molar-refractivity contribution in [3.8, 4) is 11.5 Å². The Morgan fingerprint density at radius 2 is 1.82 bits per heavy atom. The molecule has 0 aliphatic heterocycles. The number of benzene rings is 2. The Hall–Kier alpha value is -3.54. The summed E-state index contributed by atoms with van der Waals surface area (Å²) in [6.45, 7) is 2.50. The van der Waals surface area contributed by atoms with E-state index in [-0.39, 0.29) is 5.91 Å². The number of hydrogen-bond acceptors (Lipinski definition) is 5. The quantitative estimate of drug-likeness (QED) is 0.656. The number of amides is 1. The minimum absolute atomic E-state index is 0.137. The summed E-state index contributed by atoms with van der Waals surface area (Å²) in [4.78, 5) is 18.9.